The van der Waals surface area contributed by atoms with Crippen LogP contribution in [-0.2, 0) is 15.6 Å². The summed E-state index contributed by atoms with van der Waals surface area (Å²) in [5, 5.41) is 7.21. The molecule has 0 amide bonds. The Morgan fingerprint density at radius 3 is 2.53 bits per heavy atom. The van der Waals surface area contributed by atoms with Crippen LogP contribution >= 0.6 is 10.7 Å². The third kappa shape index (κ3) is 2.90. The van der Waals surface area contributed by atoms with E-state index in [-0.39, 0.29) is 5.16 Å². The van der Waals surface area contributed by atoms with E-state index in [0.717, 1.165) is 5.69 Å². The smallest absolute Gasteiger partial charge is 0.295 e. The maximum atomic E-state index is 11.4. The first-order chi connectivity index (χ1) is 8.93. The van der Waals surface area contributed by atoms with Crippen molar-refractivity contribution >= 4 is 19.7 Å². The normalized spacial score (nSPS) is 11.7. The predicted octanol–water partition coefficient (Wildman–Crippen LogP) is 1.38. The highest BCUT2D eigenvalue weighted by atomic mass is 35.7. The van der Waals surface area contributed by atoms with Gasteiger partial charge in [-0.15, -0.1) is 10.2 Å². The molecule has 0 aromatic carbocycles. The van der Waals surface area contributed by atoms with Gasteiger partial charge in [0, 0.05) is 23.4 Å². The Bertz CT molecular complexity index is 680. The summed E-state index contributed by atoms with van der Waals surface area (Å²) < 4.78 is 24.3. The Hall–Kier alpha value is -1.54. The van der Waals surface area contributed by atoms with Crippen LogP contribution in [0.3, 0.4) is 0 Å². The van der Waals surface area contributed by atoms with Gasteiger partial charge in [-0.05, 0) is 13.3 Å². The standard InChI is InChI=1S/C10H12ClN5O2S/c1-3-4-16-9(8-6-12-7(2)5-13-8)14-15-10(16)19(11,17)18/h5-6H,3-4H2,1-2H3. The van der Waals surface area contributed by atoms with Crippen molar-refractivity contribution in [1.82, 2.24) is 24.7 Å². The number of hydrogen-bond acceptors (Lipinski definition) is 6. The fourth-order valence-electron chi connectivity index (χ4n) is 1.59. The zero-order valence-electron chi connectivity index (χ0n) is 10.4. The molecule has 0 bridgehead atoms. The minimum Gasteiger partial charge on any atom is -0.295 e. The highest BCUT2D eigenvalue weighted by Gasteiger charge is 2.23. The molecule has 0 radical (unpaired) electrons. The molecule has 2 aromatic heterocycles. The van der Waals surface area contributed by atoms with Crippen LogP contribution < -0.4 is 0 Å². The summed E-state index contributed by atoms with van der Waals surface area (Å²) in [6.45, 7) is 4.15. The predicted molar refractivity (Wildman–Crippen MR) is 69.1 cm³/mol. The van der Waals surface area contributed by atoms with Gasteiger partial charge < -0.3 is 0 Å². The van der Waals surface area contributed by atoms with Gasteiger partial charge >= 0.3 is 0 Å². The lowest BCUT2D eigenvalue weighted by molar-refractivity contribution is 0.569. The Labute approximate surface area is 115 Å². The van der Waals surface area contributed by atoms with Gasteiger partial charge in [0.25, 0.3) is 14.2 Å². The first-order valence-electron chi connectivity index (χ1n) is 5.60. The van der Waals surface area contributed by atoms with Gasteiger partial charge in [0.1, 0.15) is 5.69 Å². The van der Waals surface area contributed by atoms with E-state index >= 15 is 0 Å². The average Bonchev–Trinajstić information content (AvgIpc) is 2.74. The van der Waals surface area contributed by atoms with Crippen molar-refractivity contribution in [3.8, 4) is 11.5 Å². The molecule has 0 fully saturated rings. The number of hydrogen-bond donors (Lipinski definition) is 0. The van der Waals surface area contributed by atoms with E-state index in [4.69, 9.17) is 10.7 Å². The van der Waals surface area contributed by atoms with Crippen LogP contribution in [0.25, 0.3) is 11.5 Å². The highest BCUT2D eigenvalue weighted by molar-refractivity contribution is 8.13. The summed E-state index contributed by atoms with van der Waals surface area (Å²) in [6.07, 6.45) is 3.81. The number of aromatic nitrogens is 5. The molecule has 0 saturated carbocycles. The van der Waals surface area contributed by atoms with Gasteiger partial charge in [-0.2, -0.15) is 0 Å². The summed E-state index contributed by atoms with van der Waals surface area (Å²) in [6, 6.07) is 0. The van der Waals surface area contributed by atoms with E-state index in [1.165, 1.54) is 10.8 Å². The second kappa shape index (κ2) is 5.22. The number of rotatable bonds is 4. The van der Waals surface area contributed by atoms with Crippen molar-refractivity contribution < 1.29 is 8.42 Å². The minimum atomic E-state index is -3.94. The number of halogens is 1. The number of nitrogens with zero attached hydrogens (tertiary/aromatic N) is 5. The molecule has 0 spiro atoms. The summed E-state index contributed by atoms with van der Waals surface area (Å²) in [7, 11) is 1.40. The molecule has 0 unspecified atom stereocenters. The van der Waals surface area contributed by atoms with Gasteiger partial charge in [-0.3, -0.25) is 9.55 Å². The van der Waals surface area contributed by atoms with Crippen molar-refractivity contribution in [1.29, 1.82) is 0 Å². The highest BCUT2D eigenvalue weighted by Crippen LogP contribution is 2.20. The van der Waals surface area contributed by atoms with Crippen LogP contribution in [0, 0.1) is 6.92 Å². The van der Waals surface area contributed by atoms with E-state index in [1.807, 2.05) is 13.8 Å². The van der Waals surface area contributed by atoms with E-state index in [0.29, 0.717) is 24.5 Å². The third-order valence-corrected chi connectivity index (χ3v) is 3.54. The SMILES string of the molecule is CCCn1c(-c2cnc(C)cn2)nnc1S(=O)(=O)Cl. The summed E-state index contributed by atoms with van der Waals surface area (Å²) in [5.41, 5.74) is 1.22. The van der Waals surface area contributed by atoms with Crippen LogP contribution in [0.5, 0.6) is 0 Å². The summed E-state index contributed by atoms with van der Waals surface area (Å²) >= 11 is 0. The second-order valence-electron chi connectivity index (χ2n) is 3.94. The molecule has 7 nitrogen and oxygen atoms in total. The number of aryl methyl sites for hydroxylation is 1. The van der Waals surface area contributed by atoms with Crippen LogP contribution in [-0.4, -0.2) is 33.2 Å². The zero-order chi connectivity index (χ0) is 14.0. The van der Waals surface area contributed by atoms with Gasteiger partial charge in [-0.1, -0.05) is 6.92 Å². The van der Waals surface area contributed by atoms with Crippen LogP contribution in [0.2, 0.25) is 0 Å². The fraction of sp³-hybridized carbons (Fsp3) is 0.400. The Morgan fingerprint density at radius 1 is 1.26 bits per heavy atom. The summed E-state index contributed by atoms with van der Waals surface area (Å²) in [4.78, 5) is 8.27. The molecule has 2 aromatic rings. The van der Waals surface area contributed by atoms with E-state index in [9.17, 15) is 8.42 Å². The topological polar surface area (TPSA) is 90.6 Å². The Kier molecular flexibility index (Phi) is 3.81. The van der Waals surface area contributed by atoms with Crippen LogP contribution in [0.1, 0.15) is 19.0 Å². The molecule has 0 aliphatic heterocycles. The zero-order valence-corrected chi connectivity index (χ0v) is 12.0. The quantitative estimate of drug-likeness (QED) is 0.792. The van der Waals surface area contributed by atoms with Crippen LogP contribution in [0.4, 0.5) is 0 Å². The van der Waals surface area contributed by atoms with E-state index < -0.39 is 9.05 Å². The lowest BCUT2D eigenvalue weighted by atomic mass is 10.4. The molecule has 19 heavy (non-hydrogen) atoms. The third-order valence-electron chi connectivity index (χ3n) is 2.39. The molecule has 0 atom stereocenters. The molecule has 0 N–H and O–H groups in total. The maximum absolute atomic E-state index is 11.4. The van der Waals surface area contributed by atoms with Crippen molar-refractivity contribution in [2.45, 2.75) is 32.0 Å². The molecule has 0 aliphatic rings. The Balaban J connectivity index is 2.58. The maximum Gasteiger partial charge on any atom is 0.296 e. The average molecular weight is 302 g/mol. The molecule has 9 heteroatoms. The lowest BCUT2D eigenvalue weighted by Gasteiger charge is -2.06. The van der Waals surface area contributed by atoms with E-state index in [2.05, 4.69) is 20.2 Å². The fourth-order valence-corrected chi connectivity index (χ4v) is 2.51. The first-order valence-corrected chi connectivity index (χ1v) is 7.91. The lowest BCUT2D eigenvalue weighted by Crippen LogP contribution is -2.08. The molecule has 0 aliphatic carbocycles. The molecule has 2 rings (SSSR count). The van der Waals surface area contributed by atoms with E-state index in [1.54, 1.807) is 6.20 Å². The van der Waals surface area contributed by atoms with Gasteiger partial charge in [0.15, 0.2) is 5.82 Å². The first kappa shape index (κ1) is 13.9. The van der Waals surface area contributed by atoms with Crippen LogP contribution in [0.15, 0.2) is 17.6 Å². The van der Waals surface area contributed by atoms with Gasteiger partial charge in [0.2, 0.25) is 0 Å². The molecular weight excluding hydrogens is 290 g/mol. The monoisotopic (exact) mass is 301 g/mol. The van der Waals surface area contributed by atoms with Crippen molar-refractivity contribution in [2.75, 3.05) is 0 Å². The molecule has 0 saturated heterocycles. The molecule has 2 heterocycles. The largest absolute Gasteiger partial charge is 0.296 e. The molecule has 102 valence electrons. The van der Waals surface area contributed by atoms with Gasteiger partial charge in [0.05, 0.1) is 11.9 Å². The second-order valence-corrected chi connectivity index (χ2v) is 6.40. The Morgan fingerprint density at radius 2 is 2.00 bits per heavy atom. The van der Waals surface area contributed by atoms with Crippen molar-refractivity contribution in [3.63, 3.8) is 0 Å². The summed E-state index contributed by atoms with van der Waals surface area (Å²) in [5.74, 6) is 0.341. The van der Waals surface area contributed by atoms with Gasteiger partial charge in [-0.25, -0.2) is 13.4 Å². The van der Waals surface area contributed by atoms with Crippen molar-refractivity contribution in [2.24, 2.45) is 0 Å². The van der Waals surface area contributed by atoms with Crippen molar-refractivity contribution in [3.05, 3.63) is 18.1 Å². The molecular formula is C10H12ClN5O2S. The minimum absolute atomic E-state index is 0.270.